The number of nitrogens with zero attached hydrogens (tertiary/aromatic N) is 3. The number of amides is 2. The molecular weight excluding hydrogens is 348 g/mol. The van der Waals surface area contributed by atoms with Gasteiger partial charge in [-0.05, 0) is 36.6 Å². The third-order valence-electron chi connectivity index (χ3n) is 4.17. The first kappa shape index (κ1) is 18.4. The fourth-order valence-electron chi connectivity index (χ4n) is 2.74. The lowest BCUT2D eigenvalue weighted by Gasteiger charge is -2.29. The fourth-order valence-corrected chi connectivity index (χ4v) is 3.43. The molecule has 0 aliphatic carbocycles. The quantitative estimate of drug-likeness (QED) is 0.819. The van der Waals surface area contributed by atoms with Crippen molar-refractivity contribution in [3.63, 3.8) is 0 Å². The Kier molecular flexibility index (Phi) is 5.88. The van der Waals surface area contributed by atoms with Crippen molar-refractivity contribution in [3.8, 4) is 0 Å². The van der Waals surface area contributed by atoms with Crippen LogP contribution in [-0.4, -0.2) is 34.3 Å². The number of fused-ring (bicyclic) bond motifs is 1. The highest BCUT2D eigenvalue weighted by molar-refractivity contribution is 7.99. The van der Waals surface area contributed by atoms with E-state index in [-0.39, 0.29) is 17.7 Å². The number of hydrogen-bond acceptors (Lipinski definition) is 5. The second kappa shape index (κ2) is 8.31. The van der Waals surface area contributed by atoms with Crippen molar-refractivity contribution >= 4 is 35.1 Å². The molecule has 0 saturated carbocycles. The number of anilines is 2. The van der Waals surface area contributed by atoms with E-state index in [4.69, 9.17) is 0 Å². The summed E-state index contributed by atoms with van der Waals surface area (Å²) >= 11 is 1.35. The van der Waals surface area contributed by atoms with Crippen LogP contribution in [-0.2, 0) is 16.0 Å². The van der Waals surface area contributed by atoms with Crippen LogP contribution < -0.4 is 10.2 Å². The summed E-state index contributed by atoms with van der Waals surface area (Å²) in [7, 11) is 0. The predicted molar refractivity (Wildman–Crippen MR) is 103 cm³/mol. The predicted octanol–water partition coefficient (Wildman–Crippen LogP) is 3.14. The summed E-state index contributed by atoms with van der Waals surface area (Å²) in [6, 6.07) is 11.5. The number of carbonyl (C=O) groups is 2. The van der Waals surface area contributed by atoms with Gasteiger partial charge in [-0.25, -0.2) is 0 Å². The minimum Gasteiger partial charge on any atom is -0.311 e. The van der Waals surface area contributed by atoms with Crippen LogP contribution in [0.2, 0.25) is 0 Å². The van der Waals surface area contributed by atoms with E-state index in [1.807, 2.05) is 36.9 Å². The van der Waals surface area contributed by atoms with Gasteiger partial charge >= 0.3 is 0 Å². The number of aromatic nitrogens is 2. The van der Waals surface area contributed by atoms with E-state index in [1.54, 1.807) is 12.1 Å². The summed E-state index contributed by atoms with van der Waals surface area (Å²) in [6.07, 6.45) is 2.00. The maximum absolute atomic E-state index is 12.6. The van der Waals surface area contributed by atoms with Crippen LogP contribution in [0.15, 0.2) is 41.4 Å². The third kappa shape index (κ3) is 4.40. The smallest absolute Gasteiger partial charge is 0.237 e. The zero-order valence-corrected chi connectivity index (χ0v) is 15.8. The van der Waals surface area contributed by atoms with Gasteiger partial charge in [-0.3, -0.25) is 9.59 Å². The Bertz CT molecular complexity index is 792. The molecule has 0 bridgehead atoms. The summed E-state index contributed by atoms with van der Waals surface area (Å²) < 4.78 is 0. The Morgan fingerprint density at radius 2 is 2.00 bits per heavy atom. The topological polar surface area (TPSA) is 75.2 Å². The lowest BCUT2D eigenvalue weighted by molar-refractivity contribution is -0.119. The van der Waals surface area contributed by atoms with Gasteiger partial charge in [-0.15, -0.1) is 10.2 Å². The van der Waals surface area contributed by atoms with Gasteiger partial charge in [0.25, 0.3) is 0 Å². The van der Waals surface area contributed by atoms with E-state index >= 15 is 0 Å². The summed E-state index contributed by atoms with van der Waals surface area (Å²) in [4.78, 5) is 26.1. The molecular formula is C19H22N4O2S. The third-order valence-corrected chi connectivity index (χ3v) is 5.08. The summed E-state index contributed by atoms with van der Waals surface area (Å²) in [5.41, 5.74) is 2.24. The van der Waals surface area contributed by atoms with Crippen LogP contribution in [0.1, 0.15) is 25.8 Å². The molecule has 0 fully saturated rings. The summed E-state index contributed by atoms with van der Waals surface area (Å²) in [5.74, 6) is 0.584. The van der Waals surface area contributed by atoms with Gasteiger partial charge in [0.2, 0.25) is 11.8 Å². The Labute approximate surface area is 157 Å². The van der Waals surface area contributed by atoms with Gasteiger partial charge < -0.3 is 10.2 Å². The highest BCUT2D eigenvalue weighted by Gasteiger charge is 2.22. The Balaban J connectivity index is 1.58. The number of benzene rings is 1. The first-order chi connectivity index (χ1) is 12.5. The second-order valence-corrected chi connectivity index (χ2v) is 7.46. The lowest BCUT2D eigenvalue weighted by atomic mass is 10.0. The number of para-hydroxylation sites is 1. The van der Waals surface area contributed by atoms with Gasteiger partial charge in [0.1, 0.15) is 5.03 Å². The summed E-state index contributed by atoms with van der Waals surface area (Å²) in [6.45, 7) is 4.39. The standard InChI is InChI=1S/C19H22N4O2S/c1-13(2)19(25)20-16-9-10-17(22-21-16)26-12-18(24)23-11-5-7-14-6-3-4-8-15(14)23/h3-4,6,8-10,13H,5,7,11-12H2,1-2H3,(H,20,21,25). The van der Waals surface area contributed by atoms with E-state index in [0.29, 0.717) is 16.6 Å². The van der Waals surface area contributed by atoms with Crippen molar-refractivity contribution in [2.45, 2.75) is 31.7 Å². The molecule has 0 unspecified atom stereocenters. The van der Waals surface area contributed by atoms with Crippen molar-refractivity contribution in [2.75, 3.05) is 22.5 Å². The van der Waals surface area contributed by atoms with Crippen LogP contribution in [0.25, 0.3) is 0 Å². The van der Waals surface area contributed by atoms with Crippen LogP contribution in [0.5, 0.6) is 0 Å². The normalized spacial score (nSPS) is 13.4. The number of aryl methyl sites for hydroxylation is 1. The first-order valence-electron chi connectivity index (χ1n) is 8.70. The fraction of sp³-hybridized carbons (Fsp3) is 0.368. The molecule has 7 heteroatoms. The molecule has 1 aliphatic rings. The SMILES string of the molecule is CC(C)C(=O)Nc1ccc(SCC(=O)N2CCCc3ccccc32)nn1. The maximum Gasteiger partial charge on any atom is 0.237 e. The second-order valence-electron chi connectivity index (χ2n) is 6.47. The maximum atomic E-state index is 12.6. The van der Waals surface area contributed by atoms with Crippen LogP contribution >= 0.6 is 11.8 Å². The Morgan fingerprint density at radius 3 is 2.73 bits per heavy atom. The van der Waals surface area contributed by atoms with Gasteiger partial charge in [-0.1, -0.05) is 43.8 Å². The van der Waals surface area contributed by atoms with Crippen molar-refractivity contribution in [3.05, 3.63) is 42.0 Å². The van der Waals surface area contributed by atoms with Crippen LogP contribution in [0, 0.1) is 5.92 Å². The van der Waals surface area contributed by atoms with E-state index in [0.717, 1.165) is 25.1 Å². The van der Waals surface area contributed by atoms with E-state index in [2.05, 4.69) is 21.6 Å². The molecule has 0 saturated heterocycles. The zero-order valence-electron chi connectivity index (χ0n) is 14.9. The molecule has 0 spiro atoms. The molecule has 3 rings (SSSR count). The monoisotopic (exact) mass is 370 g/mol. The molecule has 2 aromatic rings. The molecule has 6 nitrogen and oxygen atoms in total. The molecule has 136 valence electrons. The molecule has 1 aliphatic heterocycles. The molecule has 1 aromatic heterocycles. The Hall–Kier alpha value is -2.41. The van der Waals surface area contributed by atoms with Crippen molar-refractivity contribution in [1.82, 2.24) is 10.2 Å². The largest absolute Gasteiger partial charge is 0.311 e. The number of carbonyl (C=O) groups excluding carboxylic acids is 2. The molecule has 0 atom stereocenters. The average molecular weight is 370 g/mol. The minimum absolute atomic E-state index is 0.0705. The average Bonchev–Trinajstić information content (AvgIpc) is 2.66. The van der Waals surface area contributed by atoms with Crippen LogP contribution in [0.4, 0.5) is 11.5 Å². The van der Waals surface area contributed by atoms with Crippen molar-refractivity contribution < 1.29 is 9.59 Å². The molecule has 1 aromatic carbocycles. The molecule has 0 radical (unpaired) electrons. The van der Waals surface area contributed by atoms with E-state index in [1.165, 1.54) is 17.3 Å². The number of hydrogen-bond donors (Lipinski definition) is 1. The number of nitrogens with one attached hydrogen (secondary N) is 1. The van der Waals surface area contributed by atoms with Crippen molar-refractivity contribution in [1.29, 1.82) is 0 Å². The van der Waals surface area contributed by atoms with Gasteiger partial charge in [0.15, 0.2) is 5.82 Å². The van der Waals surface area contributed by atoms with Crippen molar-refractivity contribution in [2.24, 2.45) is 5.92 Å². The molecule has 1 N–H and O–H groups in total. The van der Waals surface area contributed by atoms with Gasteiger partial charge in [0.05, 0.1) is 5.75 Å². The van der Waals surface area contributed by atoms with Crippen LogP contribution in [0.3, 0.4) is 0 Å². The number of rotatable bonds is 5. The zero-order chi connectivity index (χ0) is 18.5. The molecule has 26 heavy (non-hydrogen) atoms. The van der Waals surface area contributed by atoms with Gasteiger partial charge in [0, 0.05) is 18.2 Å². The summed E-state index contributed by atoms with van der Waals surface area (Å²) in [5, 5.41) is 11.4. The highest BCUT2D eigenvalue weighted by atomic mass is 32.2. The molecule has 2 heterocycles. The molecule has 2 amide bonds. The minimum atomic E-state index is -0.115. The number of thioether (sulfide) groups is 1. The Morgan fingerprint density at radius 1 is 1.19 bits per heavy atom. The lowest BCUT2D eigenvalue weighted by Crippen LogP contribution is -2.36. The highest BCUT2D eigenvalue weighted by Crippen LogP contribution is 2.28. The van der Waals surface area contributed by atoms with Gasteiger partial charge in [-0.2, -0.15) is 0 Å². The first-order valence-corrected chi connectivity index (χ1v) is 9.69. The van der Waals surface area contributed by atoms with E-state index < -0.39 is 0 Å². The van der Waals surface area contributed by atoms with E-state index in [9.17, 15) is 9.59 Å².